The van der Waals surface area contributed by atoms with E-state index in [-0.39, 0.29) is 0 Å². The van der Waals surface area contributed by atoms with Crippen LogP contribution < -0.4 is 5.73 Å². The zero-order chi connectivity index (χ0) is 14.9. The smallest absolute Gasteiger partial charge is 0.326 e. The third kappa shape index (κ3) is 2.98. The van der Waals surface area contributed by atoms with Gasteiger partial charge in [-0.15, -0.1) is 0 Å². The lowest BCUT2D eigenvalue weighted by atomic mass is 10.0. The fourth-order valence-corrected chi connectivity index (χ4v) is 2.02. The Labute approximate surface area is 113 Å². The van der Waals surface area contributed by atoms with Gasteiger partial charge >= 0.3 is 6.18 Å². The van der Waals surface area contributed by atoms with Crippen molar-refractivity contribution >= 4 is 0 Å². The Balaban J connectivity index is 2.42. The maximum Gasteiger partial charge on any atom is 0.419 e. The number of alkyl halides is 3. The van der Waals surface area contributed by atoms with E-state index in [0.717, 1.165) is 17.1 Å². The standard InChI is InChI=1S/C13H13F4N3/c1-8(18)12(9-3-2-4-11(14)5-9)20-7-10(6-19-20)13(15,16)17/h2-8,12H,18H2,1H3. The van der Waals surface area contributed by atoms with Gasteiger partial charge in [0.25, 0.3) is 0 Å². The average Bonchev–Trinajstić information content (AvgIpc) is 2.77. The number of nitrogens with two attached hydrogens (primary N) is 1. The van der Waals surface area contributed by atoms with Gasteiger partial charge in [0.1, 0.15) is 5.82 Å². The summed E-state index contributed by atoms with van der Waals surface area (Å²) in [5.41, 5.74) is 5.41. The van der Waals surface area contributed by atoms with Gasteiger partial charge in [-0.1, -0.05) is 12.1 Å². The quantitative estimate of drug-likeness (QED) is 0.882. The first-order valence-electron chi connectivity index (χ1n) is 5.91. The van der Waals surface area contributed by atoms with Crippen LogP contribution in [0.15, 0.2) is 36.7 Å². The fourth-order valence-electron chi connectivity index (χ4n) is 2.02. The summed E-state index contributed by atoms with van der Waals surface area (Å²) in [4.78, 5) is 0. The summed E-state index contributed by atoms with van der Waals surface area (Å²) in [6.45, 7) is 1.63. The predicted octanol–water partition coefficient (Wildman–Crippen LogP) is 2.98. The van der Waals surface area contributed by atoms with Gasteiger partial charge in [0.2, 0.25) is 0 Å². The van der Waals surface area contributed by atoms with Gasteiger partial charge in [-0.25, -0.2) is 4.39 Å². The van der Waals surface area contributed by atoms with E-state index < -0.39 is 29.6 Å². The van der Waals surface area contributed by atoms with Crippen LogP contribution >= 0.6 is 0 Å². The molecule has 2 rings (SSSR count). The highest BCUT2D eigenvalue weighted by molar-refractivity contribution is 5.23. The molecule has 0 aliphatic rings. The van der Waals surface area contributed by atoms with Gasteiger partial charge in [-0.05, 0) is 24.6 Å². The fraction of sp³-hybridized carbons (Fsp3) is 0.308. The number of hydrogen-bond acceptors (Lipinski definition) is 2. The lowest BCUT2D eigenvalue weighted by Gasteiger charge is -2.22. The minimum Gasteiger partial charge on any atom is -0.326 e. The van der Waals surface area contributed by atoms with Crippen LogP contribution in [-0.4, -0.2) is 15.8 Å². The summed E-state index contributed by atoms with van der Waals surface area (Å²) < 4.78 is 52.1. The number of hydrogen-bond donors (Lipinski definition) is 1. The maximum absolute atomic E-state index is 13.3. The van der Waals surface area contributed by atoms with Crippen molar-refractivity contribution in [1.29, 1.82) is 0 Å². The molecular formula is C13H13F4N3. The predicted molar refractivity (Wildman–Crippen MR) is 65.4 cm³/mol. The van der Waals surface area contributed by atoms with Crippen LogP contribution in [0.25, 0.3) is 0 Å². The van der Waals surface area contributed by atoms with E-state index in [1.165, 1.54) is 18.2 Å². The van der Waals surface area contributed by atoms with Crippen molar-refractivity contribution in [2.24, 2.45) is 5.73 Å². The van der Waals surface area contributed by atoms with Gasteiger partial charge in [0, 0.05) is 12.2 Å². The Bertz CT molecular complexity index is 589. The van der Waals surface area contributed by atoms with Gasteiger partial charge in [-0.3, -0.25) is 4.68 Å². The van der Waals surface area contributed by atoms with Crippen LogP contribution in [0.5, 0.6) is 0 Å². The first-order valence-corrected chi connectivity index (χ1v) is 5.91. The third-order valence-electron chi connectivity index (χ3n) is 2.90. The molecule has 2 atom stereocenters. The summed E-state index contributed by atoms with van der Waals surface area (Å²) in [6, 6.07) is 4.38. The first-order chi connectivity index (χ1) is 9.29. The molecule has 3 nitrogen and oxygen atoms in total. The highest BCUT2D eigenvalue weighted by Crippen LogP contribution is 2.30. The monoisotopic (exact) mass is 287 g/mol. The van der Waals surface area contributed by atoms with E-state index in [2.05, 4.69) is 5.10 Å². The van der Waals surface area contributed by atoms with E-state index in [0.29, 0.717) is 5.56 Å². The molecule has 0 spiro atoms. The molecule has 0 saturated heterocycles. The summed E-state index contributed by atoms with van der Waals surface area (Å²) >= 11 is 0. The molecule has 7 heteroatoms. The van der Waals surface area contributed by atoms with Crippen LogP contribution in [0.4, 0.5) is 17.6 Å². The molecule has 1 aromatic heterocycles. The topological polar surface area (TPSA) is 43.8 Å². The first kappa shape index (κ1) is 14.5. The molecule has 108 valence electrons. The highest BCUT2D eigenvalue weighted by atomic mass is 19.4. The van der Waals surface area contributed by atoms with Crippen molar-refractivity contribution < 1.29 is 17.6 Å². The van der Waals surface area contributed by atoms with Crippen molar-refractivity contribution in [1.82, 2.24) is 9.78 Å². The molecule has 20 heavy (non-hydrogen) atoms. The molecular weight excluding hydrogens is 274 g/mol. The van der Waals surface area contributed by atoms with E-state index in [1.54, 1.807) is 13.0 Å². The third-order valence-corrected chi connectivity index (χ3v) is 2.90. The Morgan fingerprint density at radius 2 is 2.00 bits per heavy atom. The molecule has 0 aliphatic carbocycles. The molecule has 1 aromatic carbocycles. The molecule has 2 unspecified atom stereocenters. The second kappa shape index (κ2) is 5.24. The number of halogens is 4. The second-order valence-electron chi connectivity index (χ2n) is 4.57. The molecule has 2 N–H and O–H groups in total. The largest absolute Gasteiger partial charge is 0.419 e. The van der Waals surface area contributed by atoms with Gasteiger partial charge < -0.3 is 5.73 Å². The van der Waals surface area contributed by atoms with E-state index in [1.807, 2.05) is 0 Å². The lowest BCUT2D eigenvalue weighted by Crippen LogP contribution is -2.30. The Kier molecular flexibility index (Phi) is 3.80. The Hall–Kier alpha value is -1.89. The van der Waals surface area contributed by atoms with Crippen molar-refractivity contribution in [2.45, 2.75) is 25.2 Å². The van der Waals surface area contributed by atoms with Crippen LogP contribution in [0.1, 0.15) is 24.1 Å². The normalized spacial score (nSPS) is 15.1. The SMILES string of the molecule is CC(N)C(c1cccc(F)c1)n1cc(C(F)(F)F)cn1. The average molecular weight is 287 g/mol. The van der Waals surface area contributed by atoms with Crippen LogP contribution in [0.2, 0.25) is 0 Å². The summed E-state index contributed by atoms with van der Waals surface area (Å²) in [5.74, 6) is -0.476. The molecule has 0 amide bonds. The molecule has 0 aliphatic heterocycles. The molecule has 0 saturated carbocycles. The van der Waals surface area contributed by atoms with Crippen LogP contribution in [0, 0.1) is 5.82 Å². The molecule has 0 fully saturated rings. The van der Waals surface area contributed by atoms with E-state index in [9.17, 15) is 17.6 Å². The number of nitrogens with zero attached hydrogens (tertiary/aromatic N) is 2. The lowest BCUT2D eigenvalue weighted by molar-refractivity contribution is -0.137. The van der Waals surface area contributed by atoms with Gasteiger partial charge in [0.05, 0.1) is 17.8 Å². The molecule has 1 heterocycles. The summed E-state index contributed by atoms with van der Waals surface area (Å²) in [5, 5.41) is 3.70. The van der Waals surface area contributed by atoms with Gasteiger partial charge in [-0.2, -0.15) is 18.3 Å². The van der Waals surface area contributed by atoms with Crippen molar-refractivity contribution in [3.63, 3.8) is 0 Å². The van der Waals surface area contributed by atoms with E-state index in [4.69, 9.17) is 5.73 Å². The minimum absolute atomic E-state index is 0.469. The maximum atomic E-state index is 13.3. The minimum atomic E-state index is -4.47. The number of rotatable bonds is 3. The molecule has 0 radical (unpaired) electrons. The summed E-state index contributed by atoms with van der Waals surface area (Å²) in [7, 11) is 0. The van der Waals surface area contributed by atoms with Crippen LogP contribution in [-0.2, 0) is 6.18 Å². The molecule has 0 bridgehead atoms. The van der Waals surface area contributed by atoms with Gasteiger partial charge in [0.15, 0.2) is 0 Å². The van der Waals surface area contributed by atoms with Crippen molar-refractivity contribution in [2.75, 3.05) is 0 Å². The zero-order valence-corrected chi connectivity index (χ0v) is 10.6. The van der Waals surface area contributed by atoms with Crippen molar-refractivity contribution in [3.05, 3.63) is 53.6 Å². The summed E-state index contributed by atoms with van der Waals surface area (Å²) in [6.07, 6.45) is -2.86. The zero-order valence-electron chi connectivity index (χ0n) is 10.6. The number of aromatic nitrogens is 2. The Morgan fingerprint density at radius 1 is 1.30 bits per heavy atom. The van der Waals surface area contributed by atoms with E-state index >= 15 is 0 Å². The molecule has 2 aromatic rings. The Morgan fingerprint density at radius 3 is 2.50 bits per heavy atom. The number of benzene rings is 1. The highest BCUT2D eigenvalue weighted by Gasteiger charge is 2.33. The second-order valence-corrected chi connectivity index (χ2v) is 4.57. The van der Waals surface area contributed by atoms with Crippen molar-refractivity contribution in [3.8, 4) is 0 Å². The van der Waals surface area contributed by atoms with Crippen LogP contribution in [0.3, 0.4) is 0 Å².